The summed E-state index contributed by atoms with van der Waals surface area (Å²) in [6.07, 6.45) is -0.192. The molecule has 0 bridgehead atoms. The van der Waals surface area contributed by atoms with Gasteiger partial charge in [0.25, 0.3) is 5.91 Å². The number of imidazole rings is 1. The number of fused-ring (bicyclic) bond motifs is 1. The number of halogens is 3. The molecule has 1 aliphatic rings. The first-order valence-electron chi connectivity index (χ1n) is 13.8. The van der Waals surface area contributed by atoms with Gasteiger partial charge in [-0.2, -0.15) is 0 Å². The summed E-state index contributed by atoms with van der Waals surface area (Å²) < 4.78 is 48.5. The minimum absolute atomic E-state index is 0.140. The monoisotopic (exact) mass is 566 g/mol. The van der Waals surface area contributed by atoms with Gasteiger partial charge in [-0.1, -0.05) is 25.1 Å². The van der Waals surface area contributed by atoms with Crippen molar-refractivity contribution < 1.29 is 27.4 Å². The molecule has 2 aromatic carbocycles. The van der Waals surface area contributed by atoms with Crippen molar-refractivity contribution in [2.75, 3.05) is 24.6 Å². The fraction of sp³-hybridized carbons (Fsp3) is 0.355. The zero-order valence-electron chi connectivity index (χ0n) is 23.1. The van der Waals surface area contributed by atoms with E-state index in [9.17, 15) is 18.0 Å². The first kappa shape index (κ1) is 28.3. The van der Waals surface area contributed by atoms with Crippen molar-refractivity contribution in [3.8, 4) is 11.5 Å². The number of pyridine rings is 1. The topological polar surface area (TPSA) is 68.1 Å². The van der Waals surface area contributed by atoms with Gasteiger partial charge in [0.05, 0.1) is 12.3 Å². The highest BCUT2D eigenvalue weighted by Crippen LogP contribution is 2.27. The van der Waals surface area contributed by atoms with Crippen LogP contribution in [-0.2, 0) is 13.0 Å². The van der Waals surface area contributed by atoms with E-state index in [4.69, 9.17) is 4.74 Å². The van der Waals surface area contributed by atoms with Crippen molar-refractivity contribution in [2.24, 2.45) is 5.92 Å². The van der Waals surface area contributed by atoms with Crippen molar-refractivity contribution in [1.29, 1.82) is 0 Å². The summed E-state index contributed by atoms with van der Waals surface area (Å²) in [6, 6.07) is 17.6. The van der Waals surface area contributed by atoms with Gasteiger partial charge in [0.2, 0.25) is 0 Å². The van der Waals surface area contributed by atoms with E-state index in [-0.39, 0.29) is 11.7 Å². The van der Waals surface area contributed by atoms with Crippen molar-refractivity contribution in [2.45, 2.75) is 46.0 Å². The Balaban J connectivity index is 1.09. The smallest absolute Gasteiger partial charge is 0.493 e. The Hall–Kier alpha value is -4.21. The molecular formula is C31H33F3N4O3. The molecule has 0 spiro atoms. The first-order valence-corrected chi connectivity index (χ1v) is 13.8. The Morgan fingerprint density at radius 1 is 1.00 bits per heavy atom. The zero-order valence-corrected chi connectivity index (χ0v) is 23.1. The maximum atomic E-state index is 13.1. The molecule has 1 N–H and O–H groups in total. The van der Waals surface area contributed by atoms with Crippen LogP contribution in [-0.4, -0.2) is 41.4 Å². The Bertz CT molecular complexity index is 1480. The summed E-state index contributed by atoms with van der Waals surface area (Å²) in [5.74, 6) is 0.480. The second kappa shape index (κ2) is 12.1. The lowest BCUT2D eigenvalue weighted by Crippen LogP contribution is -2.35. The number of aryl methyl sites for hydroxylation is 2. The molecule has 2 aromatic heterocycles. The molecule has 0 saturated carbocycles. The van der Waals surface area contributed by atoms with Crippen LogP contribution in [0.3, 0.4) is 0 Å². The Morgan fingerprint density at radius 2 is 1.68 bits per heavy atom. The van der Waals surface area contributed by atoms with E-state index in [2.05, 4.69) is 32.1 Å². The maximum absolute atomic E-state index is 13.1. The normalized spacial score (nSPS) is 14.3. The second-order valence-electron chi connectivity index (χ2n) is 10.3. The fourth-order valence-electron chi connectivity index (χ4n) is 5.09. The molecule has 4 aromatic rings. The second-order valence-corrected chi connectivity index (χ2v) is 10.3. The third kappa shape index (κ3) is 7.11. The van der Waals surface area contributed by atoms with Gasteiger partial charge >= 0.3 is 6.36 Å². The molecule has 1 fully saturated rings. The van der Waals surface area contributed by atoms with Crippen molar-refractivity contribution >= 4 is 17.2 Å². The van der Waals surface area contributed by atoms with Crippen LogP contribution < -0.4 is 19.7 Å². The van der Waals surface area contributed by atoms with Crippen LogP contribution in [0.1, 0.15) is 47.1 Å². The number of carbonyl (C=O) groups excluding carboxylic acids is 1. The van der Waals surface area contributed by atoms with Gasteiger partial charge < -0.3 is 19.7 Å². The predicted molar refractivity (Wildman–Crippen MR) is 150 cm³/mol. The molecule has 216 valence electrons. The average Bonchev–Trinajstić information content (AvgIpc) is 3.33. The van der Waals surface area contributed by atoms with Gasteiger partial charge in [0.1, 0.15) is 22.8 Å². The summed E-state index contributed by atoms with van der Waals surface area (Å²) in [5, 5.41) is 3.05. The number of aromatic nitrogens is 2. The van der Waals surface area contributed by atoms with Gasteiger partial charge in [0, 0.05) is 31.5 Å². The number of nitrogens with zero attached hydrogens (tertiary/aromatic N) is 3. The van der Waals surface area contributed by atoms with E-state index in [1.54, 1.807) is 0 Å². The maximum Gasteiger partial charge on any atom is 0.573 e. The highest BCUT2D eigenvalue weighted by molar-refractivity contribution is 5.94. The van der Waals surface area contributed by atoms with Crippen LogP contribution in [0.15, 0.2) is 66.9 Å². The largest absolute Gasteiger partial charge is 0.573 e. The SMILES string of the molecule is CCc1nc2ccc(C)cn2c1C(=O)NCc1ccc(N2CCC(COc3ccc(OC(F)(F)F)cc3)CC2)cc1. The zero-order chi connectivity index (χ0) is 29.0. The standard InChI is InChI=1S/C31H33F3N4O3/c1-3-27-29(38-19-21(2)4-13-28(38)36-27)30(39)35-18-22-5-7-24(8-6-22)37-16-14-23(15-17-37)20-40-25-9-11-26(12-10-25)41-31(32,33)34/h4-13,19,23H,3,14-18,20H2,1-2H3,(H,35,39). The van der Waals surface area contributed by atoms with E-state index in [1.165, 1.54) is 24.3 Å². The van der Waals surface area contributed by atoms with E-state index < -0.39 is 6.36 Å². The van der Waals surface area contributed by atoms with E-state index >= 15 is 0 Å². The summed E-state index contributed by atoms with van der Waals surface area (Å²) in [7, 11) is 0. The van der Waals surface area contributed by atoms with Crippen LogP contribution >= 0.6 is 0 Å². The van der Waals surface area contributed by atoms with Crippen LogP contribution in [0.5, 0.6) is 11.5 Å². The molecule has 1 saturated heterocycles. The van der Waals surface area contributed by atoms with E-state index in [0.29, 0.717) is 36.9 Å². The van der Waals surface area contributed by atoms with Crippen LogP contribution in [0.4, 0.5) is 18.9 Å². The minimum atomic E-state index is -4.71. The molecule has 5 rings (SSSR count). The Labute approximate surface area is 236 Å². The molecule has 1 aliphatic heterocycles. The van der Waals surface area contributed by atoms with E-state index in [1.807, 2.05) is 48.7 Å². The van der Waals surface area contributed by atoms with Gasteiger partial charge in [-0.15, -0.1) is 13.2 Å². The third-order valence-electron chi connectivity index (χ3n) is 7.30. The first-order chi connectivity index (χ1) is 19.7. The highest BCUT2D eigenvalue weighted by atomic mass is 19.4. The minimum Gasteiger partial charge on any atom is -0.493 e. The molecule has 3 heterocycles. The lowest BCUT2D eigenvalue weighted by molar-refractivity contribution is -0.274. The molecule has 0 unspecified atom stereocenters. The Kier molecular flexibility index (Phi) is 8.37. The lowest BCUT2D eigenvalue weighted by atomic mass is 9.97. The van der Waals surface area contributed by atoms with Crippen LogP contribution in [0.25, 0.3) is 5.65 Å². The van der Waals surface area contributed by atoms with E-state index in [0.717, 1.165) is 54.1 Å². The number of alkyl halides is 3. The molecule has 1 amide bonds. The van der Waals surface area contributed by atoms with Crippen LogP contribution in [0, 0.1) is 12.8 Å². The quantitative estimate of drug-likeness (QED) is 0.257. The lowest BCUT2D eigenvalue weighted by Gasteiger charge is -2.33. The van der Waals surface area contributed by atoms with Gasteiger partial charge in [0.15, 0.2) is 0 Å². The predicted octanol–water partition coefficient (Wildman–Crippen LogP) is 6.33. The molecule has 0 radical (unpaired) electrons. The fourth-order valence-corrected chi connectivity index (χ4v) is 5.09. The third-order valence-corrected chi connectivity index (χ3v) is 7.30. The molecule has 7 nitrogen and oxygen atoms in total. The number of hydrogen-bond acceptors (Lipinski definition) is 5. The number of amides is 1. The average molecular weight is 567 g/mol. The summed E-state index contributed by atoms with van der Waals surface area (Å²) in [4.78, 5) is 20.0. The Morgan fingerprint density at radius 3 is 2.34 bits per heavy atom. The number of carbonyl (C=O) groups is 1. The highest BCUT2D eigenvalue weighted by Gasteiger charge is 2.31. The number of ether oxygens (including phenoxy) is 2. The number of anilines is 1. The van der Waals surface area contributed by atoms with Crippen molar-refractivity contribution in [3.05, 3.63) is 89.4 Å². The molecule has 41 heavy (non-hydrogen) atoms. The van der Waals surface area contributed by atoms with Gasteiger partial charge in [-0.25, -0.2) is 4.98 Å². The molecule has 10 heteroatoms. The van der Waals surface area contributed by atoms with Crippen molar-refractivity contribution in [1.82, 2.24) is 14.7 Å². The molecule has 0 aliphatic carbocycles. The van der Waals surface area contributed by atoms with Crippen molar-refractivity contribution in [3.63, 3.8) is 0 Å². The molecular weight excluding hydrogens is 533 g/mol. The molecule has 0 atom stereocenters. The number of rotatable bonds is 9. The summed E-state index contributed by atoms with van der Waals surface area (Å²) in [6.45, 7) is 6.69. The summed E-state index contributed by atoms with van der Waals surface area (Å²) in [5.41, 5.74) is 5.34. The summed E-state index contributed by atoms with van der Waals surface area (Å²) >= 11 is 0. The number of benzene rings is 2. The van der Waals surface area contributed by atoms with Gasteiger partial charge in [-0.05, 0) is 85.7 Å². The number of nitrogens with one attached hydrogen (secondary N) is 1. The van der Waals surface area contributed by atoms with Crippen LogP contribution in [0.2, 0.25) is 0 Å². The number of hydrogen-bond donors (Lipinski definition) is 1. The number of piperidine rings is 1. The van der Waals surface area contributed by atoms with Gasteiger partial charge in [-0.3, -0.25) is 9.20 Å².